The highest BCUT2D eigenvalue weighted by Crippen LogP contribution is 2.52. The van der Waals surface area contributed by atoms with Gasteiger partial charge in [0.15, 0.2) is 0 Å². The van der Waals surface area contributed by atoms with Crippen molar-refractivity contribution in [1.29, 1.82) is 0 Å². The fraction of sp³-hybridized carbons (Fsp3) is 0.750. The minimum atomic E-state index is 0.328. The third-order valence-electron chi connectivity index (χ3n) is 7.08. The van der Waals surface area contributed by atoms with E-state index < -0.39 is 0 Å². The number of fused-ring (bicyclic) bond motifs is 2. The molecule has 1 aromatic rings. The summed E-state index contributed by atoms with van der Waals surface area (Å²) in [7, 11) is 0. The molecule has 2 atom stereocenters. The first kappa shape index (κ1) is 15.2. The van der Waals surface area contributed by atoms with Crippen LogP contribution >= 0.6 is 0 Å². The van der Waals surface area contributed by atoms with Gasteiger partial charge in [-0.1, -0.05) is 0 Å². The van der Waals surface area contributed by atoms with Crippen LogP contribution in [0.25, 0.3) is 0 Å². The Morgan fingerprint density at radius 3 is 2.71 bits per heavy atom. The first-order valence-corrected chi connectivity index (χ1v) is 9.92. The maximum absolute atomic E-state index is 6.25. The Morgan fingerprint density at radius 2 is 1.96 bits per heavy atom. The van der Waals surface area contributed by atoms with Gasteiger partial charge < -0.3 is 10.1 Å². The molecule has 0 radical (unpaired) electrons. The molecule has 1 spiro atoms. The summed E-state index contributed by atoms with van der Waals surface area (Å²) in [5.41, 5.74) is 1.75. The molecule has 0 amide bonds. The lowest BCUT2D eigenvalue weighted by molar-refractivity contribution is -0.0405. The number of nitrogens with one attached hydrogen (secondary N) is 1. The molecule has 6 rings (SSSR count). The molecule has 1 N–H and O–H groups in total. The Labute approximate surface area is 145 Å². The second kappa shape index (κ2) is 5.99. The highest BCUT2D eigenvalue weighted by Gasteiger charge is 2.54. The Morgan fingerprint density at radius 1 is 1.12 bits per heavy atom. The van der Waals surface area contributed by atoms with E-state index in [0.29, 0.717) is 17.6 Å². The molecule has 5 fully saturated rings. The van der Waals surface area contributed by atoms with Crippen molar-refractivity contribution in [1.82, 2.24) is 15.2 Å². The van der Waals surface area contributed by atoms with Crippen LogP contribution in [-0.2, 0) is 0 Å². The second-order valence-electron chi connectivity index (χ2n) is 8.31. The number of aromatic nitrogens is 1. The molecule has 4 saturated heterocycles. The normalized spacial score (nSPS) is 38.9. The number of pyridine rings is 1. The van der Waals surface area contributed by atoms with Gasteiger partial charge in [0.25, 0.3) is 0 Å². The molecule has 1 aromatic heterocycles. The van der Waals surface area contributed by atoms with Crippen LogP contribution in [0.15, 0.2) is 18.5 Å². The fourth-order valence-corrected chi connectivity index (χ4v) is 6.00. The summed E-state index contributed by atoms with van der Waals surface area (Å²) in [4.78, 5) is 7.36. The van der Waals surface area contributed by atoms with Gasteiger partial charge in [0, 0.05) is 24.2 Å². The predicted molar refractivity (Wildman–Crippen MR) is 94.4 cm³/mol. The molecule has 0 aromatic carbocycles. The molecular weight excluding hydrogens is 298 g/mol. The third-order valence-corrected chi connectivity index (χ3v) is 7.08. The van der Waals surface area contributed by atoms with Gasteiger partial charge in [-0.25, -0.2) is 0 Å². The van der Waals surface area contributed by atoms with E-state index in [4.69, 9.17) is 4.74 Å². The van der Waals surface area contributed by atoms with Crippen molar-refractivity contribution in [2.45, 2.75) is 62.5 Å². The summed E-state index contributed by atoms with van der Waals surface area (Å²) in [5.74, 6) is 2.44. The molecule has 4 aliphatic heterocycles. The molecular formula is C20H29N3O. The zero-order valence-corrected chi connectivity index (χ0v) is 14.5. The Kier molecular flexibility index (Phi) is 3.78. The lowest BCUT2D eigenvalue weighted by atomic mass is 9.63. The molecule has 5 aliphatic rings. The fourth-order valence-electron chi connectivity index (χ4n) is 6.00. The minimum Gasteiger partial charge on any atom is -0.489 e. The van der Waals surface area contributed by atoms with E-state index in [9.17, 15) is 0 Å². The molecule has 1 saturated carbocycles. The second-order valence-corrected chi connectivity index (χ2v) is 8.31. The molecule has 1 aliphatic carbocycles. The van der Waals surface area contributed by atoms with E-state index in [1.165, 1.54) is 63.6 Å². The molecule has 130 valence electrons. The molecule has 2 bridgehead atoms. The number of rotatable bonds is 3. The quantitative estimate of drug-likeness (QED) is 0.926. The van der Waals surface area contributed by atoms with Gasteiger partial charge in [0.2, 0.25) is 0 Å². The van der Waals surface area contributed by atoms with Gasteiger partial charge in [-0.05, 0) is 82.1 Å². The van der Waals surface area contributed by atoms with Gasteiger partial charge in [0.1, 0.15) is 5.75 Å². The molecule has 4 heteroatoms. The van der Waals surface area contributed by atoms with Gasteiger partial charge >= 0.3 is 0 Å². The first-order chi connectivity index (χ1) is 11.9. The van der Waals surface area contributed by atoms with Gasteiger partial charge in [-0.15, -0.1) is 0 Å². The number of ether oxygens (including phenoxy) is 1. The Balaban J connectivity index is 1.45. The smallest absolute Gasteiger partial charge is 0.138 e. The van der Waals surface area contributed by atoms with Crippen molar-refractivity contribution in [2.24, 2.45) is 5.92 Å². The first-order valence-electron chi connectivity index (χ1n) is 9.92. The van der Waals surface area contributed by atoms with E-state index >= 15 is 0 Å². The average molecular weight is 327 g/mol. The van der Waals surface area contributed by atoms with Crippen LogP contribution in [0, 0.1) is 5.92 Å². The third kappa shape index (κ3) is 2.38. The number of hydrogen-bond donors (Lipinski definition) is 1. The van der Waals surface area contributed by atoms with E-state index in [1.807, 2.05) is 6.20 Å². The van der Waals surface area contributed by atoms with E-state index in [0.717, 1.165) is 24.8 Å². The predicted octanol–water partition coefficient (Wildman–Crippen LogP) is 2.94. The van der Waals surface area contributed by atoms with Gasteiger partial charge in [0.05, 0.1) is 12.3 Å². The van der Waals surface area contributed by atoms with E-state index in [-0.39, 0.29) is 0 Å². The van der Waals surface area contributed by atoms with Crippen LogP contribution in [-0.4, -0.2) is 47.7 Å². The van der Waals surface area contributed by atoms with Crippen LogP contribution in [0.1, 0.15) is 56.4 Å². The highest BCUT2D eigenvalue weighted by molar-refractivity contribution is 5.33. The average Bonchev–Trinajstić information content (AvgIpc) is 3.29. The SMILES string of the molecule is c1ncc(C2C3CCN(CC3)[C@]23CCNC3)cc1OC1CCCC1. The van der Waals surface area contributed by atoms with E-state index in [1.54, 1.807) is 0 Å². The Hall–Kier alpha value is -1.13. The monoisotopic (exact) mass is 327 g/mol. The van der Waals surface area contributed by atoms with Crippen LogP contribution in [0.5, 0.6) is 5.75 Å². The Bertz CT molecular complexity index is 584. The topological polar surface area (TPSA) is 37.4 Å². The molecule has 24 heavy (non-hydrogen) atoms. The van der Waals surface area contributed by atoms with Crippen molar-refractivity contribution < 1.29 is 4.74 Å². The summed E-state index contributed by atoms with van der Waals surface area (Å²) >= 11 is 0. The lowest BCUT2D eigenvalue weighted by Crippen LogP contribution is -2.64. The summed E-state index contributed by atoms with van der Waals surface area (Å²) < 4.78 is 6.25. The number of nitrogens with zero attached hydrogens (tertiary/aromatic N) is 2. The van der Waals surface area contributed by atoms with Crippen LogP contribution in [0.4, 0.5) is 0 Å². The van der Waals surface area contributed by atoms with Crippen molar-refractivity contribution in [3.05, 3.63) is 24.0 Å². The number of hydrogen-bond acceptors (Lipinski definition) is 4. The minimum absolute atomic E-state index is 0.328. The standard InChI is InChI=1S/C20H29N3O/c1-2-4-17(3-1)24-18-11-16(12-22-13-18)19-15-5-9-23(10-6-15)20(19)7-8-21-14-20/h11-13,15,17,19,21H,1-10,14H2/t19?,20-/m0/s1. The summed E-state index contributed by atoms with van der Waals surface area (Å²) in [6.07, 6.45) is 13.5. The summed E-state index contributed by atoms with van der Waals surface area (Å²) in [6, 6.07) is 2.32. The summed E-state index contributed by atoms with van der Waals surface area (Å²) in [6.45, 7) is 4.87. The maximum atomic E-state index is 6.25. The molecule has 1 unspecified atom stereocenters. The molecule has 5 heterocycles. The molecule has 4 nitrogen and oxygen atoms in total. The van der Waals surface area contributed by atoms with Gasteiger partial charge in [-0.2, -0.15) is 0 Å². The zero-order chi connectivity index (χ0) is 16.0. The van der Waals surface area contributed by atoms with E-state index in [2.05, 4.69) is 27.5 Å². The summed E-state index contributed by atoms with van der Waals surface area (Å²) in [5, 5.41) is 3.65. The van der Waals surface area contributed by atoms with Crippen molar-refractivity contribution in [2.75, 3.05) is 26.2 Å². The van der Waals surface area contributed by atoms with Crippen LogP contribution in [0.3, 0.4) is 0 Å². The largest absolute Gasteiger partial charge is 0.489 e. The van der Waals surface area contributed by atoms with Crippen LogP contribution < -0.4 is 10.1 Å². The van der Waals surface area contributed by atoms with Crippen molar-refractivity contribution in [3.63, 3.8) is 0 Å². The maximum Gasteiger partial charge on any atom is 0.138 e. The zero-order valence-electron chi connectivity index (χ0n) is 14.5. The van der Waals surface area contributed by atoms with Crippen molar-refractivity contribution >= 4 is 0 Å². The lowest BCUT2D eigenvalue weighted by Gasteiger charge is -2.58. The highest BCUT2D eigenvalue weighted by atomic mass is 16.5. The number of piperidine rings is 3. The van der Waals surface area contributed by atoms with Gasteiger partial charge in [-0.3, -0.25) is 9.88 Å². The van der Waals surface area contributed by atoms with Crippen LogP contribution in [0.2, 0.25) is 0 Å². The van der Waals surface area contributed by atoms with Crippen molar-refractivity contribution in [3.8, 4) is 5.75 Å².